The summed E-state index contributed by atoms with van der Waals surface area (Å²) in [6.45, 7) is 4.76. The third kappa shape index (κ3) is 2.06. The predicted molar refractivity (Wildman–Crippen MR) is 64.3 cm³/mol. The predicted octanol–water partition coefficient (Wildman–Crippen LogP) is 2.54. The van der Waals surface area contributed by atoms with Crippen LogP contribution >= 0.6 is 0 Å². The van der Waals surface area contributed by atoms with Gasteiger partial charge in [-0.2, -0.15) is 0 Å². The molecule has 0 aliphatic rings. The molecule has 0 atom stereocenters. The first kappa shape index (κ1) is 11.4. The van der Waals surface area contributed by atoms with Crippen molar-refractivity contribution in [2.45, 2.75) is 20.8 Å². The molecule has 2 rings (SSSR count). The molecule has 4 nitrogen and oxygen atoms in total. The number of hydrogen-bond donors (Lipinski definition) is 0. The van der Waals surface area contributed by atoms with Gasteiger partial charge in [0.1, 0.15) is 0 Å². The van der Waals surface area contributed by atoms with Crippen molar-refractivity contribution in [1.29, 1.82) is 0 Å². The van der Waals surface area contributed by atoms with Gasteiger partial charge in [-0.05, 0) is 19.1 Å². The largest absolute Gasteiger partial charge is 0.424 e. The van der Waals surface area contributed by atoms with E-state index in [1.165, 1.54) is 18.4 Å². The number of aromatic nitrogens is 1. The molecule has 0 bridgehead atoms. The number of fused-ring (bicyclic) bond motifs is 1. The molecule has 0 N–H and O–H groups in total. The Morgan fingerprint density at radius 2 is 1.94 bits per heavy atom. The number of ether oxygens (including phenoxy) is 1. The van der Waals surface area contributed by atoms with Gasteiger partial charge in [0, 0.05) is 19.2 Å². The zero-order valence-corrected chi connectivity index (χ0v) is 9.98. The molecule has 88 valence electrons. The van der Waals surface area contributed by atoms with Crippen LogP contribution in [0.15, 0.2) is 24.4 Å². The number of rotatable bonds is 1. The molecular formula is C13H13NO3. The summed E-state index contributed by atoms with van der Waals surface area (Å²) in [5.41, 5.74) is 1.80. The molecule has 17 heavy (non-hydrogen) atoms. The van der Waals surface area contributed by atoms with E-state index in [1.807, 2.05) is 25.1 Å². The first-order valence-electron chi connectivity index (χ1n) is 5.30. The number of esters is 1. The second kappa shape index (κ2) is 4.05. The number of hydrogen-bond acceptors (Lipinski definition) is 3. The Morgan fingerprint density at radius 1 is 1.24 bits per heavy atom. The van der Waals surface area contributed by atoms with Gasteiger partial charge in [-0.1, -0.05) is 11.6 Å². The third-order valence-corrected chi connectivity index (χ3v) is 2.52. The van der Waals surface area contributed by atoms with Crippen molar-refractivity contribution < 1.29 is 14.3 Å². The van der Waals surface area contributed by atoms with Crippen LogP contribution in [0.4, 0.5) is 0 Å². The highest BCUT2D eigenvalue weighted by Gasteiger charge is 2.13. The minimum atomic E-state index is -0.394. The molecule has 4 heteroatoms. The molecule has 2 aromatic rings. The zero-order chi connectivity index (χ0) is 12.6. The number of benzene rings is 1. The van der Waals surface area contributed by atoms with Gasteiger partial charge in [-0.25, -0.2) is 0 Å². The highest BCUT2D eigenvalue weighted by Crippen LogP contribution is 2.29. The lowest BCUT2D eigenvalue weighted by Crippen LogP contribution is -2.03. The van der Waals surface area contributed by atoms with Crippen molar-refractivity contribution >= 4 is 22.8 Å². The quantitative estimate of drug-likeness (QED) is 0.708. The SMILES string of the molecule is CC(=O)Oc1cn(C(C)=O)c2ccc(C)cc12. The van der Waals surface area contributed by atoms with E-state index in [-0.39, 0.29) is 5.91 Å². The van der Waals surface area contributed by atoms with Crippen molar-refractivity contribution in [3.05, 3.63) is 30.0 Å². The van der Waals surface area contributed by atoms with Crippen molar-refractivity contribution in [3.63, 3.8) is 0 Å². The molecule has 1 aromatic carbocycles. The minimum Gasteiger partial charge on any atom is -0.424 e. The molecule has 0 aliphatic carbocycles. The molecular weight excluding hydrogens is 218 g/mol. The third-order valence-electron chi connectivity index (χ3n) is 2.52. The topological polar surface area (TPSA) is 48.3 Å². The number of carbonyl (C=O) groups is 2. The standard InChI is InChI=1S/C13H13NO3/c1-8-4-5-12-11(6-8)13(17-10(3)16)7-14(12)9(2)15/h4-7H,1-3H3. The van der Waals surface area contributed by atoms with Crippen molar-refractivity contribution in [2.24, 2.45) is 0 Å². The molecule has 1 heterocycles. The van der Waals surface area contributed by atoms with Crippen LogP contribution in [0.3, 0.4) is 0 Å². The van der Waals surface area contributed by atoms with Gasteiger partial charge in [-0.15, -0.1) is 0 Å². The van der Waals surface area contributed by atoms with Crippen LogP contribution in [0.1, 0.15) is 24.2 Å². The van der Waals surface area contributed by atoms with E-state index in [9.17, 15) is 9.59 Å². The van der Waals surface area contributed by atoms with Crippen molar-refractivity contribution in [2.75, 3.05) is 0 Å². The average Bonchev–Trinajstić information content (AvgIpc) is 2.56. The van der Waals surface area contributed by atoms with E-state index >= 15 is 0 Å². The van der Waals surface area contributed by atoms with Gasteiger partial charge in [0.2, 0.25) is 5.91 Å². The van der Waals surface area contributed by atoms with Crippen LogP contribution in [-0.2, 0) is 4.79 Å². The molecule has 1 aromatic heterocycles. The Bertz CT molecular complexity index is 610. The maximum absolute atomic E-state index is 11.5. The van der Waals surface area contributed by atoms with Gasteiger partial charge in [0.05, 0.1) is 11.7 Å². The summed E-state index contributed by atoms with van der Waals surface area (Å²) in [7, 11) is 0. The maximum atomic E-state index is 11.5. The van der Waals surface area contributed by atoms with Crippen LogP contribution < -0.4 is 4.74 Å². The summed E-state index contributed by atoms with van der Waals surface area (Å²) < 4.78 is 6.58. The smallest absolute Gasteiger partial charge is 0.308 e. The van der Waals surface area contributed by atoms with Gasteiger partial charge in [-0.3, -0.25) is 14.2 Å². The molecule has 0 unspecified atom stereocenters. The molecule has 0 fully saturated rings. The molecule has 0 radical (unpaired) electrons. The first-order chi connectivity index (χ1) is 7.99. The highest BCUT2D eigenvalue weighted by molar-refractivity contribution is 5.96. The molecule has 0 spiro atoms. The van der Waals surface area contributed by atoms with Gasteiger partial charge in [0.25, 0.3) is 0 Å². The fourth-order valence-corrected chi connectivity index (χ4v) is 1.81. The normalized spacial score (nSPS) is 10.5. The van der Waals surface area contributed by atoms with Gasteiger partial charge < -0.3 is 4.74 Å². The summed E-state index contributed by atoms with van der Waals surface area (Å²) >= 11 is 0. The number of carbonyl (C=O) groups excluding carboxylic acids is 2. The summed E-state index contributed by atoms with van der Waals surface area (Å²) in [6.07, 6.45) is 1.55. The lowest BCUT2D eigenvalue weighted by atomic mass is 10.2. The Kier molecular flexibility index (Phi) is 2.71. The lowest BCUT2D eigenvalue weighted by Gasteiger charge is -1.99. The van der Waals surface area contributed by atoms with E-state index in [0.29, 0.717) is 5.75 Å². The van der Waals surface area contributed by atoms with Crippen molar-refractivity contribution in [3.8, 4) is 5.75 Å². The summed E-state index contributed by atoms with van der Waals surface area (Å²) in [4.78, 5) is 22.5. The van der Waals surface area contributed by atoms with Gasteiger partial charge in [0.15, 0.2) is 5.75 Å². The fraction of sp³-hybridized carbons (Fsp3) is 0.231. The second-order valence-corrected chi connectivity index (χ2v) is 4.00. The molecule has 0 aliphatic heterocycles. The first-order valence-corrected chi connectivity index (χ1v) is 5.30. The zero-order valence-electron chi connectivity index (χ0n) is 9.98. The molecule has 0 amide bonds. The maximum Gasteiger partial charge on any atom is 0.308 e. The van der Waals surface area contributed by atoms with Crippen LogP contribution in [0.2, 0.25) is 0 Å². The van der Waals surface area contributed by atoms with Gasteiger partial charge >= 0.3 is 5.97 Å². The second-order valence-electron chi connectivity index (χ2n) is 4.00. The Morgan fingerprint density at radius 3 is 2.53 bits per heavy atom. The summed E-state index contributed by atoms with van der Waals surface area (Å²) in [6, 6.07) is 5.66. The van der Waals surface area contributed by atoms with E-state index in [0.717, 1.165) is 16.5 Å². The average molecular weight is 231 g/mol. The number of nitrogens with zero attached hydrogens (tertiary/aromatic N) is 1. The lowest BCUT2D eigenvalue weighted by molar-refractivity contribution is -0.131. The van der Waals surface area contributed by atoms with Crippen LogP contribution in [0.25, 0.3) is 10.9 Å². The van der Waals surface area contributed by atoms with E-state index in [2.05, 4.69) is 0 Å². The van der Waals surface area contributed by atoms with Crippen molar-refractivity contribution in [1.82, 2.24) is 4.57 Å². The molecule has 0 saturated carbocycles. The van der Waals surface area contributed by atoms with E-state index in [4.69, 9.17) is 4.74 Å². The van der Waals surface area contributed by atoms with Crippen LogP contribution in [0, 0.1) is 6.92 Å². The monoisotopic (exact) mass is 231 g/mol. The Hall–Kier alpha value is -2.10. The Balaban J connectivity index is 2.70. The van der Waals surface area contributed by atoms with E-state index < -0.39 is 5.97 Å². The molecule has 0 saturated heterocycles. The fourth-order valence-electron chi connectivity index (χ4n) is 1.81. The summed E-state index contributed by atoms with van der Waals surface area (Å²) in [5.74, 6) is -0.0854. The number of aryl methyl sites for hydroxylation is 1. The van der Waals surface area contributed by atoms with Crippen LogP contribution in [-0.4, -0.2) is 16.4 Å². The summed E-state index contributed by atoms with van der Waals surface area (Å²) in [5, 5.41) is 0.774. The van der Waals surface area contributed by atoms with Crippen LogP contribution in [0.5, 0.6) is 5.75 Å². The van der Waals surface area contributed by atoms with E-state index in [1.54, 1.807) is 6.20 Å². The highest BCUT2D eigenvalue weighted by atomic mass is 16.5. The minimum absolute atomic E-state index is 0.114. The Labute approximate surface area is 98.8 Å².